The SMILES string of the molecule is NC1CCN(C(=O)C2CSCN2C(=O)C2CCCC2)CC1. The number of likely N-dealkylation sites (tertiary alicyclic amines) is 1. The molecule has 1 atom stereocenters. The number of hydrogen-bond acceptors (Lipinski definition) is 4. The average molecular weight is 311 g/mol. The molecule has 3 rings (SSSR count). The Labute approximate surface area is 130 Å². The maximum atomic E-state index is 12.7. The quantitative estimate of drug-likeness (QED) is 0.827. The highest BCUT2D eigenvalue weighted by Gasteiger charge is 2.40. The largest absolute Gasteiger partial charge is 0.341 e. The molecule has 21 heavy (non-hydrogen) atoms. The van der Waals surface area contributed by atoms with E-state index in [1.54, 1.807) is 11.8 Å². The number of rotatable bonds is 2. The van der Waals surface area contributed by atoms with Crippen molar-refractivity contribution >= 4 is 23.6 Å². The van der Waals surface area contributed by atoms with Crippen LogP contribution in [0.2, 0.25) is 0 Å². The molecular formula is C15H25N3O2S. The van der Waals surface area contributed by atoms with Crippen molar-refractivity contribution in [3.05, 3.63) is 0 Å². The summed E-state index contributed by atoms with van der Waals surface area (Å²) in [6.07, 6.45) is 6.06. The fourth-order valence-electron chi connectivity index (χ4n) is 3.60. The number of hydrogen-bond donors (Lipinski definition) is 1. The molecule has 0 aromatic carbocycles. The van der Waals surface area contributed by atoms with E-state index in [-0.39, 0.29) is 29.8 Å². The molecule has 1 unspecified atom stereocenters. The second-order valence-electron chi connectivity index (χ2n) is 6.47. The summed E-state index contributed by atoms with van der Waals surface area (Å²) in [6.45, 7) is 1.49. The monoisotopic (exact) mass is 311 g/mol. The molecule has 0 aromatic heterocycles. The fraction of sp³-hybridized carbons (Fsp3) is 0.867. The van der Waals surface area contributed by atoms with Crippen LogP contribution >= 0.6 is 11.8 Å². The van der Waals surface area contributed by atoms with E-state index in [1.165, 1.54) is 0 Å². The lowest BCUT2D eigenvalue weighted by Gasteiger charge is -2.34. The van der Waals surface area contributed by atoms with Crippen LogP contribution < -0.4 is 5.73 Å². The number of nitrogens with two attached hydrogens (primary N) is 1. The predicted octanol–water partition coefficient (Wildman–Crippen LogP) is 1.03. The lowest BCUT2D eigenvalue weighted by Crippen LogP contribution is -2.53. The van der Waals surface area contributed by atoms with Gasteiger partial charge < -0.3 is 15.5 Å². The van der Waals surface area contributed by atoms with Gasteiger partial charge in [0.15, 0.2) is 0 Å². The van der Waals surface area contributed by atoms with Gasteiger partial charge >= 0.3 is 0 Å². The van der Waals surface area contributed by atoms with Gasteiger partial charge in [-0.1, -0.05) is 12.8 Å². The van der Waals surface area contributed by atoms with Gasteiger partial charge in [-0.05, 0) is 25.7 Å². The van der Waals surface area contributed by atoms with Crippen LogP contribution in [0.1, 0.15) is 38.5 Å². The molecule has 2 aliphatic heterocycles. The minimum atomic E-state index is -0.238. The van der Waals surface area contributed by atoms with E-state index in [1.807, 2.05) is 9.80 Å². The zero-order chi connectivity index (χ0) is 14.8. The van der Waals surface area contributed by atoms with E-state index in [2.05, 4.69) is 0 Å². The summed E-state index contributed by atoms with van der Waals surface area (Å²) in [5.41, 5.74) is 5.90. The molecular weight excluding hydrogens is 286 g/mol. The Bertz CT molecular complexity index is 404. The van der Waals surface area contributed by atoms with Crippen molar-refractivity contribution in [3.8, 4) is 0 Å². The third kappa shape index (κ3) is 3.21. The Morgan fingerprint density at radius 2 is 1.67 bits per heavy atom. The minimum Gasteiger partial charge on any atom is -0.341 e. The maximum absolute atomic E-state index is 12.7. The molecule has 6 heteroatoms. The predicted molar refractivity (Wildman–Crippen MR) is 83.7 cm³/mol. The maximum Gasteiger partial charge on any atom is 0.246 e. The van der Waals surface area contributed by atoms with Crippen molar-refractivity contribution in [2.24, 2.45) is 11.7 Å². The van der Waals surface area contributed by atoms with Gasteiger partial charge in [0.2, 0.25) is 11.8 Å². The van der Waals surface area contributed by atoms with Gasteiger partial charge in [-0.25, -0.2) is 0 Å². The summed E-state index contributed by atoms with van der Waals surface area (Å²) in [4.78, 5) is 29.1. The molecule has 2 heterocycles. The molecule has 0 bridgehead atoms. The van der Waals surface area contributed by atoms with E-state index in [0.717, 1.165) is 57.4 Å². The number of piperidine rings is 1. The minimum absolute atomic E-state index is 0.137. The van der Waals surface area contributed by atoms with Crippen molar-refractivity contribution in [2.45, 2.75) is 50.6 Å². The molecule has 3 aliphatic rings. The van der Waals surface area contributed by atoms with E-state index in [0.29, 0.717) is 5.88 Å². The molecule has 118 valence electrons. The standard InChI is InChI=1S/C15H25N3O2S/c16-12-5-7-17(8-6-12)15(20)13-9-21-10-18(13)14(19)11-3-1-2-4-11/h11-13H,1-10,16H2. The second-order valence-corrected chi connectivity index (χ2v) is 7.47. The van der Waals surface area contributed by atoms with Gasteiger partial charge in [0, 0.05) is 30.8 Å². The van der Waals surface area contributed by atoms with Crippen molar-refractivity contribution in [1.82, 2.24) is 9.80 Å². The molecule has 0 spiro atoms. The Morgan fingerprint density at radius 1 is 1.00 bits per heavy atom. The summed E-state index contributed by atoms with van der Waals surface area (Å²) in [5, 5.41) is 0. The van der Waals surface area contributed by atoms with Crippen LogP contribution in [0.15, 0.2) is 0 Å². The molecule has 0 aromatic rings. The van der Waals surface area contributed by atoms with Crippen molar-refractivity contribution in [2.75, 3.05) is 24.7 Å². The van der Waals surface area contributed by atoms with E-state index in [9.17, 15) is 9.59 Å². The highest BCUT2D eigenvalue weighted by atomic mass is 32.2. The number of thioether (sulfide) groups is 1. The molecule has 1 aliphatic carbocycles. The van der Waals surface area contributed by atoms with Crippen LogP contribution in [0, 0.1) is 5.92 Å². The molecule has 2 saturated heterocycles. The van der Waals surface area contributed by atoms with E-state index >= 15 is 0 Å². The van der Waals surface area contributed by atoms with Crippen LogP contribution in [0.5, 0.6) is 0 Å². The van der Waals surface area contributed by atoms with Gasteiger partial charge in [0.1, 0.15) is 6.04 Å². The molecule has 2 N–H and O–H groups in total. The van der Waals surface area contributed by atoms with Crippen molar-refractivity contribution in [3.63, 3.8) is 0 Å². The third-order valence-electron chi connectivity index (χ3n) is 5.01. The molecule has 0 radical (unpaired) electrons. The number of carbonyl (C=O) groups is 2. The first-order valence-electron chi connectivity index (χ1n) is 8.09. The number of carbonyl (C=O) groups excluding carboxylic acids is 2. The zero-order valence-corrected chi connectivity index (χ0v) is 13.3. The topological polar surface area (TPSA) is 66.6 Å². The number of amides is 2. The normalized spacial score (nSPS) is 28.3. The lowest BCUT2D eigenvalue weighted by molar-refractivity contribution is -0.146. The highest BCUT2D eigenvalue weighted by Crippen LogP contribution is 2.31. The summed E-state index contributed by atoms with van der Waals surface area (Å²) in [5.74, 6) is 1.94. The summed E-state index contributed by atoms with van der Waals surface area (Å²) in [7, 11) is 0. The van der Waals surface area contributed by atoms with E-state index in [4.69, 9.17) is 5.73 Å². The van der Waals surface area contributed by atoms with Gasteiger partial charge in [0.25, 0.3) is 0 Å². The van der Waals surface area contributed by atoms with Crippen LogP contribution in [0.3, 0.4) is 0 Å². The fourth-order valence-corrected chi connectivity index (χ4v) is 4.76. The first-order valence-corrected chi connectivity index (χ1v) is 9.25. The van der Waals surface area contributed by atoms with Crippen LogP contribution in [-0.2, 0) is 9.59 Å². The van der Waals surface area contributed by atoms with Crippen molar-refractivity contribution < 1.29 is 9.59 Å². The van der Waals surface area contributed by atoms with Gasteiger partial charge in [0.05, 0.1) is 5.88 Å². The van der Waals surface area contributed by atoms with Gasteiger partial charge in [-0.3, -0.25) is 9.59 Å². The Morgan fingerprint density at radius 3 is 2.33 bits per heavy atom. The Hall–Kier alpha value is -0.750. The summed E-state index contributed by atoms with van der Waals surface area (Å²) >= 11 is 1.70. The van der Waals surface area contributed by atoms with Crippen LogP contribution in [-0.4, -0.2) is 58.4 Å². The molecule has 2 amide bonds. The number of nitrogens with zero attached hydrogens (tertiary/aromatic N) is 2. The van der Waals surface area contributed by atoms with Gasteiger partial charge in [-0.15, -0.1) is 11.8 Å². The summed E-state index contributed by atoms with van der Waals surface area (Å²) < 4.78 is 0. The lowest BCUT2D eigenvalue weighted by atomic mass is 10.0. The molecule has 1 saturated carbocycles. The average Bonchev–Trinajstić information content (AvgIpc) is 3.18. The third-order valence-corrected chi connectivity index (χ3v) is 6.02. The molecule has 5 nitrogen and oxygen atoms in total. The van der Waals surface area contributed by atoms with Crippen LogP contribution in [0.4, 0.5) is 0 Å². The first kappa shape index (κ1) is 15.2. The highest BCUT2D eigenvalue weighted by molar-refractivity contribution is 7.99. The Balaban J connectivity index is 1.63. The first-order chi connectivity index (χ1) is 10.2. The van der Waals surface area contributed by atoms with E-state index < -0.39 is 0 Å². The summed E-state index contributed by atoms with van der Waals surface area (Å²) in [6, 6.07) is -0.0133. The molecule has 3 fully saturated rings. The zero-order valence-electron chi connectivity index (χ0n) is 12.5. The Kier molecular flexibility index (Phi) is 4.74. The second kappa shape index (κ2) is 6.57. The van der Waals surface area contributed by atoms with Crippen LogP contribution in [0.25, 0.3) is 0 Å². The van der Waals surface area contributed by atoms with Gasteiger partial charge in [-0.2, -0.15) is 0 Å². The van der Waals surface area contributed by atoms with Crippen molar-refractivity contribution in [1.29, 1.82) is 0 Å². The smallest absolute Gasteiger partial charge is 0.246 e.